The summed E-state index contributed by atoms with van der Waals surface area (Å²) in [5.41, 5.74) is -0.786. The van der Waals surface area contributed by atoms with Gasteiger partial charge in [0.25, 0.3) is 0 Å². The molecule has 0 amide bonds. The Morgan fingerprint density at radius 3 is 2.65 bits per heavy atom. The minimum atomic E-state index is -4.85. The van der Waals surface area contributed by atoms with E-state index in [1.54, 1.807) is 0 Å². The molecule has 1 aromatic rings. The summed E-state index contributed by atoms with van der Waals surface area (Å²) in [5, 5.41) is 11.5. The van der Waals surface area contributed by atoms with Gasteiger partial charge in [-0.25, -0.2) is 0 Å². The third-order valence-corrected chi connectivity index (χ3v) is 5.09. The number of carbonyl (C=O) groups is 1. The van der Waals surface area contributed by atoms with Gasteiger partial charge in [0.2, 0.25) is 6.10 Å². The number of hydrogen-bond acceptors (Lipinski definition) is 4. The van der Waals surface area contributed by atoms with Gasteiger partial charge < -0.3 is 14.6 Å². The average molecular weight is 366 g/mol. The molecular formula is C15H13ClF3O3S-. The second kappa shape index (κ2) is 6.65. The van der Waals surface area contributed by atoms with Gasteiger partial charge in [0.1, 0.15) is 5.75 Å². The van der Waals surface area contributed by atoms with Crippen LogP contribution in [0.3, 0.4) is 0 Å². The van der Waals surface area contributed by atoms with Crippen molar-refractivity contribution in [3.05, 3.63) is 28.3 Å². The maximum Gasteiger partial charge on any atom is 0.429 e. The standard InChI is InChI=1S/C15H14ClF3O3S/c1-3-7(2)23-12-6-11-8(5-10(12)16)4-9(14(20)21)13(22-11)15(17,18)19/h4-7,13H,3H2,1-2H3,(H,20,21)/p-1. The molecule has 1 aliphatic heterocycles. The lowest BCUT2D eigenvalue weighted by Gasteiger charge is -2.29. The molecule has 0 radical (unpaired) electrons. The van der Waals surface area contributed by atoms with Gasteiger partial charge in [0, 0.05) is 21.3 Å². The fraction of sp³-hybridized carbons (Fsp3) is 0.400. The number of hydrogen-bond donors (Lipinski definition) is 0. The van der Waals surface area contributed by atoms with Crippen molar-refractivity contribution in [2.45, 2.75) is 42.7 Å². The number of benzene rings is 1. The summed E-state index contributed by atoms with van der Waals surface area (Å²) in [6.45, 7) is 3.95. The molecule has 0 aliphatic carbocycles. The van der Waals surface area contributed by atoms with Crippen LogP contribution >= 0.6 is 23.4 Å². The van der Waals surface area contributed by atoms with Crippen molar-refractivity contribution < 1.29 is 27.8 Å². The topological polar surface area (TPSA) is 49.4 Å². The smallest absolute Gasteiger partial charge is 0.429 e. The molecular weight excluding hydrogens is 353 g/mol. The SMILES string of the molecule is CCC(C)Sc1cc2c(cc1Cl)C=C(C(=O)[O-])C(C(F)(F)F)O2. The Labute approximate surface area is 140 Å². The predicted octanol–water partition coefficient (Wildman–Crippen LogP) is 3.69. The van der Waals surface area contributed by atoms with Crippen LogP contribution in [-0.2, 0) is 4.79 Å². The molecule has 0 aromatic heterocycles. The Bertz CT molecular complexity index is 658. The zero-order chi connectivity index (χ0) is 17.4. The molecule has 0 saturated carbocycles. The summed E-state index contributed by atoms with van der Waals surface area (Å²) in [6, 6.07) is 2.81. The molecule has 0 fully saturated rings. The number of carbonyl (C=O) groups excluding carboxylic acids is 1. The molecule has 126 valence electrons. The molecule has 0 saturated heterocycles. The molecule has 1 aliphatic rings. The van der Waals surface area contributed by atoms with Gasteiger partial charge in [-0.2, -0.15) is 13.2 Å². The van der Waals surface area contributed by atoms with Crippen molar-refractivity contribution in [1.29, 1.82) is 0 Å². The van der Waals surface area contributed by atoms with E-state index in [9.17, 15) is 23.1 Å². The first-order chi connectivity index (χ1) is 10.6. The van der Waals surface area contributed by atoms with Crippen LogP contribution in [0.5, 0.6) is 5.75 Å². The first-order valence-electron chi connectivity index (χ1n) is 6.80. The van der Waals surface area contributed by atoms with Crippen LogP contribution in [0, 0.1) is 0 Å². The van der Waals surface area contributed by atoms with Gasteiger partial charge >= 0.3 is 6.18 Å². The predicted molar refractivity (Wildman–Crippen MR) is 80.5 cm³/mol. The molecule has 0 bridgehead atoms. The maximum absolute atomic E-state index is 13.0. The molecule has 8 heteroatoms. The normalized spacial score (nSPS) is 18.7. The zero-order valence-corrected chi connectivity index (χ0v) is 13.8. The highest BCUT2D eigenvalue weighted by Crippen LogP contribution is 2.42. The highest BCUT2D eigenvalue weighted by Gasteiger charge is 2.46. The third-order valence-electron chi connectivity index (χ3n) is 3.34. The van der Waals surface area contributed by atoms with E-state index in [0.717, 1.165) is 12.5 Å². The summed E-state index contributed by atoms with van der Waals surface area (Å²) in [6.07, 6.45) is -5.65. The molecule has 2 unspecified atom stereocenters. The van der Waals surface area contributed by atoms with Crippen molar-refractivity contribution in [2.24, 2.45) is 0 Å². The van der Waals surface area contributed by atoms with Gasteiger partial charge in [0.05, 0.1) is 11.0 Å². The van der Waals surface area contributed by atoms with Gasteiger partial charge in [-0.1, -0.05) is 25.4 Å². The van der Waals surface area contributed by atoms with Gasteiger partial charge in [-0.3, -0.25) is 0 Å². The van der Waals surface area contributed by atoms with Crippen molar-refractivity contribution in [1.82, 2.24) is 0 Å². The van der Waals surface area contributed by atoms with Crippen molar-refractivity contribution in [2.75, 3.05) is 0 Å². The number of thioether (sulfide) groups is 1. The van der Waals surface area contributed by atoms with E-state index in [0.29, 0.717) is 9.92 Å². The Kier molecular flexibility index (Phi) is 5.20. The van der Waals surface area contributed by atoms with Crippen LogP contribution in [0.2, 0.25) is 5.02 Å². The number of aliphatic carboxylic acids is 1. The Hall–Kier alpha value is -1.34. The number of fused-ring (bicyclic) bond motifs is 1. The van der Waals surface area contributed by atoms with Crippen LogP contribution in [0.4, 0.5) is 13.2 Å². The largest absolute Gasteiger partial charge is 0.545 e. The number of halogens is 4. The molecule has 2 atom stereocenters. The lowest BCUT2D eigenvalue weighted by molar-refractivity contribution is -0.302. The van der Waals surface area contributed by atoms with E-state index >= 15 is 0 Å². The highest BCUT2D eigenvalue weighted by molar-refractivity contribution is 8.00. The Morgan fingerprint density at radius 1 is 1.48 bits per heavy atom. The number of ether oxygens (including phenoxy) is 1. The van der Waals surface area contributed by atoms with Crippen LogP contribution < -0.4 is 9.84 Å². The minimum absolute atomic E-state index is 0.0486. The molecule has 1 aromatic carbocycles. The number of rotatable bonds is 4. The maximum atomic E-state index is 13.0. The molecule has 3 nitrogen and oxygen atoms in total. The first kappa shape index (κ1) is 18.0. The second-order valence-electron chi connectivity index (χ2n) is 5.08. The lowest BCUT2D eigenvalue weighted by atomic mass is 10.0. The van der Waals surface area contributed by atoms with Crippen LogP contribution in [0.15, 0.2) is 22.6 Å². The van der Waals surface area contributed by atoms with E-state index in [2.05, 4.69) is 0 Å². The van der Waals surface area contributed by atoms with Crippen molar-refractivity contribution in [3.8, 4) is 5.75 Å². The fourth-order valence-corrected chi connectivity index (χ4v) is 3.25. The number of carboxylic acid groups (broad SMARTS) is 1. The Balaban J connectivity index is 2.47. The summed E-state index contributed by atoms with van der Waals surface area (Å²) < 4.78 is 43.9. The van der Waals surface area contributed by atoms with Crippen molar-refractivity contribution >= 4 is 35.4 Å². The molecule has 0 spiro atoms. The van der Waals surface area contributed by atoms with Crippen LogP contribution in [0.1, 0.15) is 25.8 Å². The van der Waals surface area contributed by atoms with E-state index in [4.69, 9.17) is 16.3 Å². The average Bonchev–Trinajstić information content (AvgIpc) is 2.45. The van der Waals surface area contributed by atoms with E-state index in [-0.39, 0.29) is 16.6 Å². The van der Waals surface area contributed by atoms with Crippen LogP contribution in [0.25, 0.3) is 6.08 Å². The van der Waals surface area contributed by atoms with Gasteiger partial charge in [0.15, 0.2) is 0 Å². The lowest BCUT2D eigenvalue weighted by Crippen LogP contribution is -2.44. The monoisotopic (exact) mass is 365 g/mol. The van der Waals surface area contributed by atoms with E-state index in [1.807, 2.05) is 13.8 Å². The highest BCUT2D eigenvalue weighted by atomic mass is 35.5. The Morgan fingerprint density at radius 2 is 2.13 bits per heavy atom. The fourth-order valence-electron chi connectivity index (χ4n) is 2.00. The molecule has 23 heavy (non-hydrogen) atoms. The van der Waals surface area contributed by atoms with Gasteiger partial charge in [-0.15, -0.1) is 11.8 Å². The number of alkyl halides is 3. The molecule has 2 rings (SSSR count). The van der Waals surface area contributed by atoms with E-state index < -0.39 is 23.8 Å². The summed E-state index contributed by atoms with van der Waals surface area (Å²) >= 11 is 7.54. The molecule has 1 heterocycles. The summed E-state index contributed by atoms with van der Waals surface area (Å²) in [5.74, 6) is -1.97. The second-order valence-corrected chi connectivity index (χ2v) is 6.97. The van der Waals surface area contributed by atoms with E-state index in [1.165, 1.54) is 23.9 Å². The summed E-state index contributed by atoms with van der Waals surface area (Å²) in [7, 11) is 0. The minimum Gasteiger partial charge on any atom is -0.545 e. The number of carboxylic acids is 1. The van der Waals surface area contributed by atoms with Crippen LogP contribution in [-0.4, -0.2) is 23.5 Å². The van der Waals surface area contributed by atoms with Crippen molar-refractivity contribution in [3.63, 3.8) is 0 Å². The quantitative estimate of drug-likeness (QED) is 0.764. The summed E-state index contributed by atoms with van der Waals surface area (Å²) in [4.78, 5) is 11.5. The third kappa shape index (κ3) is 3.95. The zero-order valence-electron chi connectivity index (χ0n) is 12.2. The first-order valence-corrected chi connectivity index (χ1v) is 8.05. The molecule has 0 N–H and O–H groups in total. The van der Waals surface area contributed by atoms with Gasteiger partial charge in [-0.05, 0) is 24.6 Å².